The number of nitrogens with zero attached hydrogens (tertiary/aromatic N) is 2. The first-order chi connectivity index (χ1) is 7.68. The summed E-state index contributed by atoms with van der Waals surface area (Å²) in [5.74, 6) is -0.250. The van der Waals surface area contributed by atoms with Gasteiger partial charge in [0.25, 0.3) is 0 Å². The third-order valence-corrected chi connectivity index (χ3v) is 2.40. The Hall–Kier alpha value is -2.10. The van der Waals surface area contributed by atoms with Crippen molar-refractivity contribution in [3.05, 3.63) is 48.5 Å². The zero-order valence-corrected chi connectivity index (χ0v) is 8.89. The van der Waals surface area contributed by atoms with E-state index in [-0.39, 0.29) is 5.82 Å². The minimum atomic E-state index is -0.250. The van der Waals surface area contributed by atoms with Crippen LogP contribution >= 0.6 is 0 Å². The molecule has 0 aliphatic rings. The molecule has 1 aromatic carbocycles. The third-order valence-electron chi connectivity index (χ3n) is 2.40. The molecule has 0 spiro atoms. The molecule has 0 unspecified atom stereocenters. The highest BCUT2D eigenvalue weighted by molar-refractivity contribution is 5.73. The van der Waals surface area contributed by atoms with E-state index in [0.717, 1.165) is 11.4 Å². The predicted molar refractivity (Wildman–Crippen MR) is 63.1 cm³/mol. The van der Waals surface area contributed by atoms with E-state index in [1.165, 1.54) is 12.1 Å². The van der Waals surface area contributed by atoms with E-state index in [2.05, 4.69) is 4.98 Å². The van der Waals surface area contributed by atoms with Gasteiger partial charge in [-0.05, 0) is 30.3 Å². The van der Waals surface area contributed by atoms with Crippen LogP contribution in [0.5, 0.6) is 0 Å². The SMILES string of the molecule is CN(c1ccc(F)cc1)c1ccncc1N. The number of hydrogen-bond acceptors (Lipinski definition) is 3. The lowest BCUT2D eigenvalue weighted by Gasteiger charge is -2.20. The van der Waals surface area contributed by atoms with E-state index in [0.29, 0.717) is 5.69 Å². The van der Waals surface area contributed by atoms with Crippen LogP contribution in [0.3, 0.4) is 0 Å². The van der Waals surface area contributed by atoms with Crippen LogP contribution in [0.15, 0.2) is 42.7 Å². The number of benzene rings is 1. The summed E-state index contributed by atoms with van der Waals surface area (Å²) in [4.78, 5) is 5.81. The first-order valence-electron chi connectivity index (χ1n) is 4.87. The zero-order chi connectivity index (χ0) is 11.5. The van der Waals surface area contributed by atoms with E-state index in [4.69, 9.17) is 5.73 Å². The Bertz CT molecular complexity index is 482. The molecule has 0 saturated carbocycles. The van der Waals surface area contributed by atoms with E-state index in [1.54, 1.807) is 24.5 Å². The Morgan fingerprint density at radius 2 is 1.88 bits per heavy atom. The second-order valence-electron chi connectivity index (χ2n) is 3.47. The Kier molecular flexibility index (Phi) is 2.72. The summed E-state index contributed by atoms with van der Waals surface area (Å²) < 4.78 is 12.8. The van der Waals surface area contributed by atoms with Crippen LogP contribution in [0.25, 0.3) is 0 Å². The van der Waals surface area contributed by atoms with Gasteiger partial charge in [0.2, 0.25) is 0 Å². The van der Waals surface area contributed by atoms with Gasteiger partial charge in [0.1, 0.15) is 5.82 Å². The van der Waals surface area contributed by atoms with Crippen LogP contribution in [-0.2, 0) is 0 Å². The molecule has 1 heterocycles. The molecule has 0 aliphatic heterocycles. The third kappa shape index (κ3) is 1.95. The maximum Gasteiger partial charge on any atom is 0.123 e. The number of halogens is 1. The molecule has 3 nitrogen and oxygen atoms in total. The van der Waals surface area contributed by atoms with Crippen molar-refractivity contribution in [2.24, 2.45) is 0 Å². The summed E-state index contributed by atoms with van der Waals surface area (Å²) in [6.45, 7) is 0. The minimum absolute atomic E-state index is 0.250. The molecule has 0 atom stereocenters. The molecule has 82 valence electrons. The van der Waals surface area contributed by atoms with E-state index in [1.807, 2.05) is 18.0 Å². The first-order valence-corrected chi connectivity index (χ1v) is 4.87. The number of nitrogen functional groups attached to an aromatic ring is 1. The molecular formula is C12H12FN3. The largest absolute Gasteiger partial charge is 0.396 e. The van der Waals surface area contributed by atoms with Gasteiger partial charge in [0.05, 0.1) is 17.6 Å². The summed E-state index contributed by atoms with van der Waals surface area (Å²) in [7, 11) is 1.87. The molecule has 2 N–H and O–H groups in total. The van der Waals surface area contributed by atoms with Gasteiger partial charge >= 0.3 is 0 Å². The van der Waals surface area contributed by atoms with E-state index < -0.39 is 0 Å². The molecule has 0 fully saturated rings. The molecule has 2 aromatic rings. The van der Waals surface area contributed by atoms with E-state index >= 15 is 0 Å². The van der Waals surface area contributed by atoms with Crippen LogP contribution in [0.1, 0.15) is 0 Å². The lowest BCUT2D eigenvalue weighted by Crippen LogP contribution is -2.11. The van der Waals surface area contributed by atoms with Crippen molar-refractivity contribution in [3.8, 4) is 0 Å². The van der Waals surface area contributed by atoms with Crippen molar-refractivity contribution in [2.45, 2.75) is 0 Å². The number of rotatable bonds is 2. The fourth-order valence-corrected chi connectivity index (χ4v) is 1.51. The lowest BCUT2D eigenvalue weighted by atomic mass is 10.2. The average molecular weight is 217 g/mol. The van der Waals surface area contributed by atoms with Crippen LogP contribution in [0, 0.1) is 5.82 Å². The highest BCUT2D eigenvalue weighted by Gasteiger charge is 2.06. The molecule has 16 heavy (non-hydrogen) atoms. The summed E-state index contributed by atoms with van der Waals surface area (Å²) in [5, 5.41) is 0. The number of aromatic nitrogens is 1. The van der Waals surface area contributed by atoms with Crippen molar-refractivity contribution < 1.29 is 4.39 Å². The van der Waals surface area contributed by atoms with Crippen LogP contribution in [0.4, 0.5) is 21.5 Å². The highest BCUT2D eigenvalue weighted by atomic mass is 19.1. The van der Waals surface area contributed by atoms with Crippen molar-refractivity contribution >= 4 is 17.1 Å². The molecule has 0 amide bonds. The van der Waals surface area contributed by atoms with Crippen molar-refractivity contribution in [1.82, 2.24) is 4.98 Å². The Labute approximate surface area is 93.3 Å². The molecule has 4 heteroatoms. The number of nitrogens with two attached hydrogens (primary N) is 1. The second kappa shape index (κ2) is 4.18. The average Bonchev–Trinajstić information content (AvgIpc) is 2.30. The van der Waals surface area contributed by atoms with Crippen LogP contribution in [0.2, 0.25) is 0 Å². The lowest BCUT2D eigenvalue weighted by molar-refractivity contribution is 0.628. The van der Waals surface area contributed by atoms with Gasteiger partial charge in [-0.15, -0.1) is 0 Å². The monoisotopic (exact) mass is 217 g/mol. The fourth-order valence-electron chi connectivity index (χ4n) is 1.51. The molecule has 0 saturated heterocycles. The molecule has 0 radical (unpaired) electrons. The smallest absolute Gasteiger partial charge is 0.123 e. The van der Waals surface area contributed by atoms with Gasteiger partial charge in [-0.1, -0.05) is 0 Å². The molecule has 0 aliphatic carbocycles. The quantitative estimate of drug-likeness (QED) is 0.840. The topological polar surface area (TPSA) is 42.2 Å². The minimum Gasteiger partial charge on any atom is -0.396 e. The van der Waals surface area contributed by atoms with Gasteiger partial charge in [-0.2, -0.15) is 0 Å². The molecular weight excluding hydrogens is 205 g/mol. The Morgan fingerprint density at radius 3 is 2.50 bits per heavy atom. The summed E-state index contributed by atoms with van der Waals surface area (Å²) >= 11 is 0. The van der Waals surface area contributed by atoms with Crippen molar-refractivity contribution in [2.75, 3.05) is 17.7 Å². The van der Waals surface area contributed by atoms with Crippen molar-refractivity contribution in [3.63, 3.8) is 0 Å². The van der Waals surface area contributed by atoms with Gasteiger partial charge < -0.3 is 10.6 Å². The van der Waals surface area contributed by atoms with Gasteiger partial charge in [0.15, 0.2) is 0 Å². The maximum atomic E-state index is 12.8. The summed E-state index contributed by atoms with van der Waals surface area (Å²) in [6, 6.07) is 8.07. The van der Waals surface area contributed by atoms with Crippen molar-refractivity contribution in [1.29, 1.82) is 0 Å². The Morgan fingerprint density at radius 1 is 1.19 bits per heavy atom. The number of hydrogen-bond donors (Lipinski definition) is 1. The van der Waals surface area contributed by atoms with Crippen LogP contribution < -0.4 is 10.6 Å². The summed E-state index contributed by atoms with van der Waals surface area (Å²) in [6.07, 6.45) is 3.26. The normalized spacial score (nSPS) is 10.1. The highest BCUT2D eigenvalue weighted by Crippen LogP contribution is 2.27. The standard InChI is InChI=1S/C12H12FN3/c1-16(10-4-2-9(13)3-5-10)12-6-7-15-8-11(12)14/h2-8H,14H2,1H3. The zero-order valence-electron chi connectivity index (χ0n) is 8.89. The van der Waals surface area contributed by atoms with Gasteiger partial charge in [-0.25, -0.2) is 4.39 Å². The van der Waals surface area contributed by atoms with Gasteiger partial charge in [-0.3, -0.25) is 4.98 Å². The first kappa shape index (κ1) is 10.4. The van der Waals surface area contributed by atoms with Crippen LogP contribution in [-0.4, -0.2) is 12.0 Å². The predicted octanol–water partition coefficient (Wildman–Crippen LogP) is 2.57. The molecule has 2 rings (SSSR count). The van der Waals surface area contributed by atoms with Gasteiger partial charge in [0, 0.05) is 18.9 Å². The molecule has 0 bridgehead atoms. The summed E-state index contributed by atoms with van der Waals surface area (Å²) in [5.41, 5.74) is 8.13. The second-order valence-corrected chi connectivity index (χ2v) is 3.47. The number of pyridine rings is 1. The van der Waals surface area contributed by atoms with E-state index in [9.17, 15) is 4.39 Å². The maximum absolute atomic E-state index is 12.8. The Balaban J connectivity index is 2.35. The number of anilines is 3. The fraction of sp³-hybridized carbons (Fsp3) is 0.0833. The molecule has 1 aromatic heterocycles.